The summed E-state index contributed by atoms with van der Waals surface area (Å²) in [6.45, 7) is 7.57. The molecule has 2 saturated heterocycles. The number of nitrogens with zero attached hydrogens (tertiary/aromatic N) is 4. The van der Waals surface area contributed by atoms with Gasteiger partial charge in [0, 0.05) is 53.4 Å². The molecule has 4 amide bonds. The summed E-state index contributed by atoms with van der Waals surface area (Å²) in [5.74, 6) is -0.720. The van der Waals surface area contributed by atoms with Gasteiger partial charge in [0.05, 0.1) is 0 Å². The van der Waals surface area contributed by atoms with Crippen LogP contribution in [0, 0.1) is 11.8 Å². The molecule has 2 rings (SSSR count). The zero-order valence-electron chi connectivity index (χ0n) is 18.4. The average molecular weight is 409 g/mol. The summed E-state index contributed by atoms with van der Waals surface area (Å²) in [7, 11) is 3.21. The standard InChI is InChI=1S/C21H36N4O4/c1-16-6-12-24(13-7-16)20(28)18(26)22(3)10-5-11-23(4)19(27)21(29)25-14-8-17(2)9-15-25/h16-17H,5-15H2,1-4H3. The van der Waals surface area contributed by atoms with Crippen molar-refractivity contribution in [1.82, 2.24) is 19.6 Å². The summed E-state index contributed by atoms with van der Waals surface area (Å²) in [6.07, 6.45) is 4.23. The molecular formula is C21H36N4O4. The molecule has 2 aliphatic rings. The number of likely N-dealkylation sites (N-methyl/N-ethyl adjacent to an activating group) is 2. The number of piperidine rings is 2. The Balaban J connectivity index is 1.72. The van der Waals surface area contributed by atoms with Gasteiger partial charge in [-0.3, -0.25) is 19.2 Å². The number of hydrogen-bond acceptors (Lipinski definition) is 4. The third-order valence-electron chi connectivity index (χ3n) is 6.19. The smallest absolute Gasteiger partial charge is 0.312 e. The van der Waals surface area contributed by atoms with Gasteiger partial charge in [-0.05, 0) is 43.9 Å². The number of hydrogen-bond donors (Lipinski definition) is 0. The molecule has 0 aromatic carbocycles. The van der Waals surface area contributed by atoms with Crippen LogP contribution in [0.2, 0.25) is 0 Å². The zero-order valence-corrected chi connectivity index (χ0v) is 18.4. The SMILES string of the molecule is CC1CCN(C(=O)C(=O)N(C)CCCN(C)C(=O)C(=O)N2CCC(C)CC2)CC1. The van der Waals surface area contributed by atoms with Crippen molar-refractivity contribution in [2.75, 3.05) is 53.4 Å². The van der Waals surface area contributed by atoms with Crippen molar-refractivity contribution in [2.45, 2.75) is 46.0 Å². The molecule has 0 aliphatic carbocycles. The number of carbonyl (C=O) groups excluding carboxylic acids is 4. The van der Waals surface area contributed by atoms with E-state index in [1.54, 1.807) is 23.9 Å². The first-order valence-corrected chi connectivity index (χ1v) is 10.8. The number of rotatable bonds is 4. The van der Waals surface area contributed by atoms with Crippen LogP contribution in [-0.2, 0) is 19.2 Å². The maximum absolute atomic E-state index is 12.4. The van der Waals surface area contributed by atoms with Gasteiger partial charge in [0.1, 0.15) is 0 Å². The van der Waals surface area contributed by atoms with E-state index in [0.717, 1.165) is 25.7 Å². The van der Waals surface area contributed by atoms with Crippen LogP contribution in [0.3, 0.4) is 0 Å². The first-order valence-electron chi connectivity index (χ1n) is 10.8. The normalized spacial score (nSPS) is 18.5. The Hall–Kier alpha value is -2.12. The molecule has 0 spiro atoms. The summed E-state index contributed by atoms with van der Waals surface area (Å²) < 4.78 is 0. The molecule has 0 saturated carbocycles. The van der Waals surface area contributed by atoms with E-state index in [1.165, 1.54) is 9.80 Å². The van der Waals surface area contributed by atoms with Gasteiger partial charge >= 0.3 is 23.6 Å². The first-order chi connectivity index (χ1) is 13.7. The molecule has 164 valence electrons. The molecule has 0 aromatic rings. The topological polar surface area (TPSA) is 81.2 Å². The summed E-state index contributed by atoms with van der Waals surface area (Å²) in [4.78, 5) is 55.5. The molecule has 0 aromatic heterocycles. The van der Waals surface area contributed by atoms with Crippen molar-refractivity contribution in [3.8, 4) is 0 Å². The minimum Gasteiger partial charge on any atom is -0.337 e. The van der Waals surface area contributed by atoms with Crippen LogP contribution in [0.1, 0.15) is 46.0 Å². The highest BCUT2D eigenvalue weighted by molar-refractivity contribution is 6.35. The fourth-order valence-corrected chi connectivity index (χ4v) is 3.77. The van der Waals surface area contributed by atoms with Crippen LogP contribution in [0.5, 0.6) is 0 Å². The highest BCUT2D eigenvalue weighted by Crippen LogP contribution is 2.17. The van der Waals surface area contributed by atoms with Crippen LogP contribution in [-0.4, -0.2) is 96.6 Å². The molecule has 0 unspecified atom stereocenters. The van der Waals surface area contributed by atoms with Gasteiger partial charge in [-0.2, -0.15) is 0 Å². The Kier molecular flexibility index (Phi) is 8.46. The van der Waals surface area contributed by atoms with Crippen molar-refractivity contribution >= 4 is 23.6 Å². The maximum atomic E-state index is 12.4. The van der Waals surface area contributed by atoms with E-state index in [4.69, 9.17) is 0 Å². The third kappa shape index (κ3) is 6.44. The lowest BCUT2D eigenvalue weighted by atomic mass is 9.99. The van der Waals surface area contributed by atoms with E-state index in [-0.39, 0.29) is 0 Å². The predicted octanol–water partition coefficient (Wildman–Crippen LogP) is 0.810. The summed E-state index contributed by atoms with van der Waals surface area (Å²) in [5, 5.41) is 0. The lowest BCUT2D eigenvalue weighted by Gasteiger charge is -2.31. The maximum Gasteiger partial charge on any atom is 0.312 e. The second-order valence-electron chi connectivity index (χ2n) is 8.76. The van der Waals surface area contributed by atoms with Gasteiger partial charge in [0.25, 0.3) is 0 Å². The molecule has 0 bridgehead atoms. The van der Waals surface area contributed by atoms with E-state index in [1.807, 2.05) is 0 Å². The Labute approximate surface area is 174 Å². The van der Waals surface area contributed by atoms with Crippen LogP contribution >= 0.6 is 0 Å². The van der Waals surface area contributed by atoms with Gasteiger partial charge < -0.3 is 19.6 Å². The summed E-state index contributed by atoms with van der Waals surface area (Å²) in [6, 6.07) is 0. The van der Waals surface area contributed by atoms with Gasteiger partial charge in [0.2, 0.25) is 0 Å². The van der Waals surface area contributed by atoms with Crippen molar-refractivity contribution in [3.63, 3.8) is 0 Å². The minimum absolute atomic E-state index is 0.363. The number of amides is 4. The Bertz CT molecular complexity index is 556. The quantitative estimate of drug-likeness (QED) is 0.645. The van der Waals surface area contributed by atoms with Gasteiger partial charge in [0.15, 0.2) is 0 Å². The van der Waals surface area contributed by atoms with Crippen LogP contribution in [0.15, 0.2) is 0 Å². The second kappa shape index (κ2) is 10.6. The third-order valence-corrected chi connectivity index (χ3v) is 6.19. The largest absolute Gasteiger partial charge is 0.337 e. The minimum atomic E-state index is -0.507. The molecule has 0 atom stereocenters. The highest BCUT2D eigenvalue weighted by Gasteiger charge is 2.29. The molecule has 8 heteroatoms. The molecular weight excluding hydrogens is 372 g/mol. The van der Waals surface area contributed by atoms with Gasteiger partial charge in [-0.15, -0.1) is 0 Å². The molecule has 2 heterocycles. The molecule has 29 heavy (non-hydrogen) atoms. The Morgan fingerprint density at radius 3 is 1.31 bits per heavy atom. The van der Waals surface area contributed by atoms with E-state index in [9.17, 15) is 19.2 Å². The Morgan fingerprint density at radius 2 is 1.00 bits per heavy atom. The summed E-state index contributed by atoms with van der Waals surface area (Å²) >= 11 is 0. The van der Waals surface area contributed by atoms with E-state index in [0.29, 0.717) is 57.5 Å². The van der Waals surface area contributed by atoms with Crippen molar-refractivity contribution in [1.29, 1.82) is 0 Å². The molecule has 8 nitrogen and oxygen atoms in total. The fraction of sp³-hybridized carbons (Fsp3) is 0.810. The zero-order chi connectivity index (χ0) is 21.6. The van der Waals surface area contributed by atoms with Crippen molar-refractivity contribution in [3.05, 3.63) is 0 Å². The molecule has 2 aliphatic heterocycles. The van der Waals surface area contributed by atoms with Crippen LogP contribution in [0.25, 0.3) is 0 Å². The second-order valence-corrected chi connectivity index (χ2v) is 8.76. The number of carbonyl (C=O) groups is 4. The van der Waals surface area contributed by atoms with Crippen molar-refractivity contribution < 1.29 is 19.2 Å². The predicted molar refractivity (Wildman–Crippen MR) is 110 cm³/mol. The average Bonchev–Trinajstić information content (AvgIpc) is 2.72. The van der Waals surface area contributed by atoms with Crippen molar-refractivity contribution in [2.24, 2.45) is 11.8 Å². The van der Waals surface area contributed by atoms with E-state index in [2.05, 4.69) is 13.8 Å². The fourth-order valence-electron chi connectivity index (χ4n) is 3.77. The summed E-state index contributed by atoms with van der Waals surface area (Å²) in [5.41, 5.74) is 0. The van der Waals surface area contributed by atoms with Crippen LogP contribution in [0.4, 0.5) is 0 Å². The number of likely N-dealkylation sites (tertiary alicyclic amines) is 2. The lowest BCUT2D eigenvalue weighted by Crippen LogP contribution is -2.48. The molecule has 2 fully saturated rings. The lowest BCUT2D eigenvalue weighted by molar-refractivity contribution is -0.152. The molecule has 0 radical (unpaired) electrons. The van der Waals surface area contributed by atoms with Crippen LogP contribution < -0.4 is 0 Å². The first kappa shape index (κ1) is 23.2. The van der Waals surface area contributed by atoms with E-state index < -0.39 is 23.6 Å². The monoisotopic (exact) mass is 408 g/mol. The van der Waals surface area contributed by atoms with E-state index >= 15 is 0 Å². The molecule has 0 N–H and O–H groups in total. The van der Waals surface area contributed by atoms with Gasteiger partial charge in [-0.25, -0.2) is 0 Å². The highest BCUT2D eigenvalue weighted by atomic mass is 16.2. The van der Waals surface area contributed by atoms with Gasteiger partial charge in [-0.1, -0.05) is 13.8 Å². The Morgan fingerprint density at radius 1 is 0.690 bits per heavy atom.